The Morgan fingerprint density at radius 1 is 1.13 bits per heavy atom. The van der Waals surface area contributed by atoms with Crippen LogP contribution in [0.4, 0.5) is 0 Å². The SMILES string of the molecule is Cc1cccc(-c2n[nH]c(=S)n2CCC(=O)NNC(=O)c2c[nH]c3ccccc23)c1. The van der Waals surface area contributed by atoms with Crippen LogP contribution in [0.25, 0.3) is 22.3 Å². The molecule has 2 amide bonds. The predicted octanol–water partition coefficient (Wildman–Crippen LogP) is 3.25. The van der Waals surface area contributed by atoms with Crippen molar-refractivity contribution in [3.05, 3.63) is 70.6 Å². The van der Waals surface area contributed by atoms with Gasteiger partial charge in [-0.1, -0.05) is 42.0 Å². The zero-order chi connectivity index (χ0) is 21.1. The molecule has 0 saturated carbocycles. The van der Waals surface area contributed by atoms with Crippen molar-refractivity contribution in [1.29, 1.82) is 0 Å². The smallest absolute Gasteiger partial charge is 0.271 e. The number of nitrogens with zero attached hydrogens (tertiary/aromatic N) is 2. The first-order chi connectivity index (χ1) is 14.5. The molecule has 4 rings (SSSR count). The van der Waals surface area contributed by atoms with E-state index in [1.807, 2.05) is 55.5 Å². The van der Waals surface area contributed by atoms with E-state index in [9.17, 15) is 9.59 Å². The van der Waals surface area contributed by atoms with Gasteiger partial charge >= 0.3 is 0 Å². The van der Waals surface area contributed by atoms with Crippen molar-refractivity contribution in [1.82, 2.24) is 30.6 Å². The van der Waals surface area contributed by atoms with Gasteiger partial charge in [0.25, 0.3) is 5.91 Å². The van der Waals surface area contributed by atoms with Gasteiger partial charge < -0.3 is 4.98 Å². The standard InChI is InChI=1S/C21H20N6O2S/c1-13-5-4-6-14(11-13)19-24-26-21(30)27(19)10-9-18(28)23-25-20(29)16-12-22-17-8-3-2-7-15(16)17/h2-8,11-12,22H,9-10H2,1H3,(H,23,28)(H,25,29)(H,26,30). The zero-order valence-electron chi connectivity index (χ0n) is 16.2. The summed E-state index contributed by atoms with van der Waals surface area (Å²) >= 11 is 5.30. The maximum absolute atomic E-state index is 12.4. The van der Waals surface area contributed by atoms with E-state index in [0.29, 0.717) is 22.7 Å². The predicted molar refractivity (Wildman–Crippen MR) is 116 cm³/mol. The molecule has 0 unspecified atom stereocenters. The van der Waals surface area contributed by atoms with Gasteiger partial charge in [0.15, 0.2) is 10.6 Å². The van der Waals surface area contributed by atoms with Gasteiger partial charge in [-0.2, -0.15) is 5.10 Å². The van der Waals surface area contributed by atoms with Gasteiger partial charge in [-0.05, 0) is 31.3 Å². The Morgan fingerprint density at radius 3 is 2.80 bits per heavy atom. The highest BCUT2D eigenvalue weighted by Gasteiger charge is 2.14. The summed E-state index contributed by atoms with van der Waals surface area (Å²) < 4.78 is 2.20. The first-order valence-corrected chi connectivity index (χ1v) is 9.81. The van der Waals surface area contributed by atoms with Crippen LogP contribution >= 0.6 is 12.2 Å². The van der Waals surface area contributed by atoms with Crippen molar-refractivity contribution in [2.45, 2.75) is 19.9 Å². The Kier molecular flexibility index (Phi) is 5.44. The molecule has 0 saturated heterocycles. The fourth-order valence-electron chi connectivity index (χ4n) is 3.26. The summed E-state index contributed by atoms with van der Waals surface area (Å²) in [5, 5.41) is 7.85. The molecule has 0 spiro atoms. The van der Waals surface area contributed by atoms with E-state index in [1.165, 1.54) is 0 Å². The lowest BCUT2D eigenvalue weighted by Gasteiger charge is -2.09. The summed E-state index contributed by atoms with van der Waals surface area (Å²) in [4.78, 5) is 27.7. The number of benzene rings is 2. The van der Waals surface area contributed by atoms with Crippen LogP contribution in [-0.4, -0.2) is 31.6 Å². The number of nitrogens with one attached hydrogen (secondary N) is 4. The summed E-state index contributed by atoms with van der Waals surface area (Å²) in [5.41, 5.74) is 8.24. The molecule has 2 aromatic heterocycles. The monoisotopic (exact) mass is 420 g/mol. The molecule has 0 fully saturated rings. The van der Waals surface area contributed by atoms with Crippen LogP contribution in [0, 0.1) is 11.7 Å². The molecule has 0 aliphatic carbocycles. The van der Waals surface area contributed by atoms with Crippen LogP contribution in [0.2, 0.25) is 0 Å². The summed E-state index contributed by atoms with van der Waals surface area (Å²) in [7, 11) is 0. The van der Waals surface area contributed by atoms with E-state index in [2.05, 4.69) is 26.0 Å². The van der Waals surface area contributed by atoms with Crippen LogP contribution < -0.4 is 10.9 Å². The Balaban J connectivity index is 1.38. The molecule has 2 aromatic carbocycles. The second-order valence-corrected chi connectivity index (χ2v) is 7.26. The molecule has 30 heavy (non-hydrogen) atoms. The maximum Gasteiger partial charge on any atom is 0.271 e. The van der Waals surface area contributed by atoms with Gasteiger partial charge in [0, 0.05) is 35.6 Å². The third-order valence-corrected chi connectivity index (χ3v) is 5.06. The van der Waals surface area contributed by atoms with E-state index < -0.39 is 0 Å². The lowest BCUT2D eigenvalue weighted by atomic mass is 10.1. The van der Waals surface area contributed by atoms with E-state index in [1.54, 1.807) is 10.8 Å². The van der Waals surface area contributed by atoms with Crippen LogP contribution in [0.3, 0.4) is 0 Å². The number of hydrogen-bond donors (Lipinski definition) is 4. The third-order valence-electron chi connectivity index (χ3n) is 4.75. The molecule has 8 nitrogen and oxygen atoms in total. The summed E-state index contributed by atoms with van der Waals surface area (Å²) in [5.74, 6) is -0.0537. The van der Waals surface area contributed by atoms with Gasteiger partial charge in [-0.3, -0.25) is 30.1 Å². The number of aromatic amines is 2. The lowest BCUT2D eigenvalue weighted by Crippen LogP contribution is -2.41. The maximum atomic E-state index is 12.4. The van der Waals surface area contributed by atoms with Crippen molar-refractivity contribution in [2.24, 2.45) is 0 Å². The number of carbonyl (C=O) groups excluding carboxylic acids is 2. The molecule has 2 heterocycles. The number of fused-ring (bicyclic) bond motifs is 1. The molecule has 4 N–H and O–H groups in total. The van der Waals surface area contributed by atoms with E-state index in [-0.39, 0.29) is 18.2 Å². The molecule has 4 aromatic rings. The normalized spacial score (nSPS) is 10.8. The average molecular weight is 420 g/mol. The third kappa shape index (κ3) is 4.01. The van der Waals surface area contributed by atoms with Crippen molar-refractivity contribution in [3.8, 4) is 11.4 Å². The minimum absolute atomic E-state index is 0.126. The number of aromatic nitrogens is 4. The van der Waals surface area contributed by atoms with Crippen molar-refractivity contribution in [3.63, 3.8) is 0 Å². The first kappa shape index (κ1) is 19.6. The lowest BCUT2D eigenvalue weighted by molar-refractivity contribution is -0.122. The molecular weight excluding hydrogens is 400 g/mol. The number of H-pyrrole nitrogens is 2. The molecular formula is C21H20N6O2S. The van der Waals surface area contributed by atoms with Crippen molar-refractivity contribution >= 4 is 34.9 Å². The fourth-order valence-corrected chi connectivity index (χ4v) is 3.48. The molecule has 0 aliphatic rings. The number of rotatable bonds is 5. The summed E-state index contributed by atoms with van der Waals surface area (Å²) in [6.07, 6.45) is 1.74. The molecule has 0 aliphatic heterocycles. The summed E-state index contributed by atoms with van der Waals surface area (Å²) in [6.45, 7) is 2.33. The Morgan fingerprint density at radius 2 is 1.97 bits per heavy atom. The quantitative estimate of drug-likeness (QED) is 0.294. The van der Waals surface area contributed by atoms with Crippen molar-refractivity contribution in [2.75, 3.05) is 0 Å². The summed E-state index contributed by atoms with van der Waals surface area (Å²) in [6, 6.07) is 15.3. The Labute approximate surface area is 177 Å². The molecule has 9 heteroatoms. The number of para-hydroxylation sites is 1. The zero-order valence-corrected chi connectivity index (χ0v) is 17.0. The fraction of sp³-hybridized carbons (Fsp3) is 0.143. The largest absolute Gasteiger partial charge is 0.360 e. The van der Waals surface area contributed by atoms with Gasteiger partial charge in [-0.15, -0.1) is 0 Å². The van der Waals surface area contributed by atoms with Crippen LogP contribution in [-0.2, 0) is 11.3 Å². The minimum Gasteiger partial charge on any atom is -0.360 e. The number of amides is 2. The first-order valence-electron chi connectivity index (χ1n) is 9.40. The average Bonchev–Trinajstić information content (AvgIpc) is 3.34. The van der Waals surface area contributed by atoms with E-state index in [4.69, 9.17) is 12.2 Å². The van der Waals surface area contributed by atoms with E-state index in [0.717, 1.165) is 22.0 Å². The highest BCUT2D eigenvalue weighted by atomic mass is 32.1. The second kappa shape index (κ2) is 8.34. The van der Waals surface area contributed by atoms with Crippen LogP contribution in [0.1, 0.15) is 22.3 Å². The topological polar surface area (TPSA) is 108 Å². The molecule has 152 valence electrons. The van der Waals surface area contributed by atoms with Crippen LogP contribution in [0.5, 0.6) is 0 Å². The number of carbonyl (C=O) groups is 2. The van der Waals surface area contributed by atoms with Gasteiger partial charge in [0.2, 0.25) is 5.91 Å². The van der Waals surface area contributed by atoms with Crippen molar-refractivity contribution < 1.29 is 9.59 Å². The number of aryl methyl sites for hydroxylation is 1. The highest BCUT2D eigenvalue weighted by molar-refractivity contribution is 7.71. The minimum atomic E-state index is -0.388. The van der Waals surface area contributed by atoms with Gasteiger partial charge in [0.05, 0.1) is 5.56 Å². The second-order valence-electron chi connectivity index (χ2n) is 6.87. The Hall–Kier alpha value is -3.72. The van der Waals surface area contributed by atoms with Gasteiger partial charge in [-0.25, -0.2) is 0 Å². The molecule has 0 atom stereocenters. The van der Waals surface area contributed by atoms with Crippen LogP contribution in [0.15, 0.2) is 54.7 Å². The highest BCUT2D eigenvalue weighted by Crippen LogP contribution is 2.19. The van der Waals surface area contributed by atoms with Gasteiger partial charge in [0.1, 0.15) is 0 Å². The number of hydrogen-bond acceptors (Lipinski definition) is 4. The van der Waals surface area contributed by atoms with E-state index >= 15 is 0 Å². The molecule has 0 bridgehead atoms. The number of hydrazine groups is 1. The Bertz CT molecular complexity index is 1290. The molecule has 0 radical (unpaired) electrons.